The van der Waals surface area contributed by atoms with Gasteiger partial charge in [-0.05, 0) is 36.6 Å². The van der Waals surface area contributed by atoms with Gasteiger partial charge in [0.05, 0.1) is 13.5 Å². The van der Waals surface area contributed by atoms with E-state index in [1.807, 2.05) is 23.1 Å². The van der Waals surface area contributed by atoms with Gasteiger partial charge in [-0.15, -0.1) is 0 Å². The average Bonchev–Trinajstić information content (AvgIpc) is 2.85. The number of halogens is 1. The van der Waals surface area contributed by atoms with Crippen molar-refractivity contribution in [2.45, 2.75) is 19.3 Å². The Labute approximate surface area is 110 Å². The second-order valence-corrected chi connectivity index (χ2v) is 5.08. The van der Waals surface area contributed by atoms with Crippen LogP contribution < -0.4 is 4.74 Å². The zero-order chi connectivity index (χ0) is 12.3. The molecule has 0 saturated carbocycles. The molecule has 0 aromatic heterocycles. The van der Waals surface area contributed by atoms with Crippen LogP contribution in [0.5, 0.6) is 5.75 Å². The molecule has 0 aliphatic carbocycles. The SMILES string of the molecule is COc1ccc(Br)c(CC(=O)N2CCCC2)c1. The van der Waals surface area contributed by atoms with Gasteiger partial charge in [-0.3, -0.25) is 4.79 Å². The summed E-state index contributed by atoms with van der Waals surface area (Å²) < 4.78 is 6.13. The summed E-state index contributed by atoms with van der Waals surface area (Å²) in [4.78, 5) is 14.0. The van der Waals surface area contributed by atoms with Crippen LogP contribution in [0, 0.1) is 0 Å². The number of rotatable bonds is 3. The predicted octanol–water partition coefficient (Wildman–Crippen LogP) is 2.62. The molecule has 1 saturated heterocycles. The van der Waals surface area contributed by atoms with Crippen molar-refractivity contribution in [3.8, 4) is 5.75 Å². The van der Waals surface area contributed by atoms with Crippen molar-refractivity contribution in [2.24, 2.45) is 0 Å². The zero-order valence-corrected chi connectivity index (χ0v) is 11.5. The van der Waals surface area contributed by atoms with E-state index in [0.717, 1.165) is 41.7 Å². The first kappa shape index (κ1) is 12.4. The largest absolute Gasteiger partial charge is 0.497 e. The number of benzene rings is 1. The number of likely N-dealkylation sites (tertiary alicyclic amines) is 1. The normalized spacial score (nSPS) is 15.1. The number of hydrogen-bond acceptors (Lipinski definition) is 2. The van der Waals surface area contributed by atoms with Crippen LogP contribution in [0.2, 0.25) is 0 Å². The molecule has 4 heteroatoms. The Morgan fingerprint density at radius 2 is 2.12 bits per heavy atom. The van der Waals surface area contributed by atoms with Gasteiger partial charge in [0.15, 0.2) is 0 Å². The first-order valence-electron chi connectivity index (χ1n) is 5.81. The summed E-state index contributed by atoms with van der Waals surface area (Å²) in [5.74, 6) is 0.994. The monoisotopic (exact) mass is 297 g/mol. The van der Waals surface area contributed by atoms with Crippen molar-refractivity contribution in [1.29, 1.82) is 0 Å². The van der Waals surface area contributed by atoms with Crippen LogP contribution in [0.15, 0.2) is 22.7 Å². The number of carbonyl (C=O) groups excluding carboxylic acids is 1. The number of nitrogens with zero attached hydrogens (tertiary/aromatic N) is 1. The highest BCUT2D eigenvalue weighted by Gasteiger charge is 2.18. The van der Waals surface area contributed by atoms with Crippen LogP contribution in [0.3, 0.4) is 0 Å². The first-order chi connectivity index (χ1) is 8.20. The molecule has 1 fully saturated rings. The second-order valence-electron chi connectivity index (χ2n) is 4.22. The number of methoxy groups -OCH3 is 1. The molecule has 3 nitrogen and oxygen atoms in total. The lowest BCUT2D eigenvalue weighted by atomic mass is 10.1. The zero-order valence-electron chi connectivity index (χ0n) is 9.91. The van der Waals surface area contributed by atoms with Crippen LogP contribution in [0.1, 0.15) is 18.4 Å². The first-order valence-corrected chi connectivity index (χ1v) is 6.60. The molecule has 1 amide bonds. The summed E-state index contributed by atoms with van der Waals surface area (Å²) >= 11 is 3.47. The highest BCUT2D eigenvalue weighted by molar-refractivity contribution is 9.10. The summed E-state index contributed by atoms with van der Waals surface area (Å²) in [6, 6.07) is 5.72. The quantitative estimate of drug-likeness (QED) is 0.858. The van der Waals surface area contributed by atoms with E-state index in [0.29, 0.717) is 6.42 Å². The minimum Gasteiger partial charge on any atom is -0.497 e. The maximum atomic E-state index is 12.0. The molecular formula is C13H16BrNO2. The minimum atomic E-state index is 0.205. The average molecular weight is 298 g/mol. The molecule has 0 atom stereocenters. The molecule has 2 rings (SSSR count). The Balaban J connectivity index is 2.09. The number of hydrogen-bond donors (Lipinski definition) is 0. The summed E-state index contributed by atoms with van der Waals surface area (Å²) in [5, 5.41) is 0. The topological polar surface area (TPSA) is 29.5 Å². The fraction of sp³-hybridized carbons (Fsp3) is 0.462. The van der Waals surface area contributed by atoms with Gasteiger partial charge in [-0.25, -0.2) is 0 Å². The Kier molecular flexibility index (Phi) is 4.05. The highest BCUT2D eigenvalue weighted by atomic mass is 79.9. The van der Waals surface area contributed by atoms with E-state index in [1.54, 1.807) is 7.11 Å². The molecule has 1 aliphatic heterocycles. The number of amides is 1. The Morgan fingerprint density at radius 1 is 1.41 bits per heavy atom. The molecule has 0 unspecified atom stereocenters. The minimum absolute atomic E-state index is 0.205. The van der Waals surface area contributed by atoms with Gasteiger partial charge in [-0.2, -0.15) is 0 Å². The highest BCUT2D eigenvalue weighted by Crippen LogP contribution is 2.23. The molecule has 1 aromatic carbocycles. The van der Waals surface area contributed by atoms with Crippen molar-refractivity contribution >= 4 is 21.8 Å². The van der Waals surface area contributed by atoms with Gasteiger partial charge in [0, 0.05) is 17.6 Å². The lowest BCUT2D eigenvalue weighted by Gasteiger charge is -2.16. The van der Waals surface area contributed by atoms with Crippen molar-refractivity contribution in [3.05, 3.63) is 28.2 Å². The number of ether oxygens (including phenoxy) is 1. The Morgan fingerprint density at radius 3 is 2.76 bits per heavy atom. The van der Waals surface area contributed by atoms with Crippen LogP contribution >= 0.6 is 15.9 Å². The molecule has 1 aliphatic rings. The Bertz CT molecular complexity index is 414. The maximum Gasteiger partial charge on any atom is 0.227 e. The summed E-state index contributed by atoms with van der Waals surface area (Å²) in [6.45, 7) is 1.81. The molecule has 92 valence electrons. The fourth-order valence-corrected chi connectivity index (χ4v) is 2.44. The van der Waals surface area contributed by atoms with Gasteiger partial charge in [0.2, 0.25) is 5.91 Å². The van der Waals surface area contributed by atoms with Crippen molar-refractivity contribution in [3.63, 3.8) is 0 Å². The van der Waals surface area contributed by atoms with Crippen molar-refractivity contribution in [2.75, 3.05) is 20.2 Å². The van der Waals surface area contributed by atoms with E-state index in [2.05, 4.69) is 15.9 Å². The smallest absolute Gasteiger partial charge is 0.227 e. The van der Waals surface area contributed by atoms with Gasteiger partial charge < -0.3 is 9.64 Å². The van der Waals surface area contributed by atoms with E-state index < -0.39 is 0 Å². The van der Waals surface area contributed by atoms with Crippen molar-refractivity contribution < 1.29 is 9.53 Å². The third-order valence-corrected chi connectivity index (χ3v) is 3.83. The van der Waals surface area contributed by atoms with Crippen LogP contribution in [0.25, 0.3) is 0 Å². The van der Waals surface area contributed by atoms with Gasteiger partial charge in [0.1, 0.15) is 5.75 Å². The van der Waals surface area contributed by atoms with Crippen LogP contribution in [-0.4, -0.2) is 31.0 Å². The number of carbonyl (C=O) groups is 1. The molecule has 0 spiro atoms. The third kappa shape index (κ3) is 3.00. The molecule has 17 heavy (non-hydrogen) atoms. The summed E-state index contributed by atoms with van der Waals surface area (Å²) in [7, 11) is 1.63. The fourth-order valence-electron chi connectivity index (χ4n) is 2.05. The van der Waals surface area contributed by atoms with Gasteiger partial charge >= 0.3 is 0 Å². The van der Waals surface area contributed by atoms with E-state index in [9.17, 15) is 4.79 Å². The summed E-state index contributed by atoms with van der Waals surface area (Å²) in [6.07, 6.45) is 2.70. The lowest BCUT2D eigenvalue weighted by Crippen LogP contribution is -2.29. The van der Waals surface area contributed by atoms with E-state index >= 15 is 0 Å². The standard InChI is InChI=1S/C13H16BrNO2/c1-17-11-4-5-12(14)10(8-11)9-13(16)15-6-2-3-7-15/h4-5,8H,2-3,6-7,9H2,1H3. The van der Waals surface area contributed by atoms with Gasteiger partial charge in [-0.1, -0.05) is 15.9 Å². The van der Waals surface area contributed by atoms with Gasteiger partial charge in [0.25, 0.3) is 0 Å². The van der Waals surface area contributed by atoms with E-state index in [1.165, 1.54) is 0 Å². The van der Waals surface area contributed by atoms with Crippen LogP contribution in [-0.2, 0) is 11.2 Å². The summed E-state index contributed by atoms with van der Waals surface area (Å²) in [5.41, 5.74) is 0.987. The molecule has 0 N–H and O–H groups in total. The molecule has 0 bridgehead atoms. The molecular weight excluding hydrogens is 282 g/mol. The third-order valence-electron chi connectivity index (χ3n) is 3.05. The van der Waals surface area contributed by atoms with Crippen molar-refractivity contribution in [1.82, 2.24) is 4.90 Å². The lowest BCUT2D eigenvalue weighted by molar-refractivity contribution is -0.129. The Hall–Kier alpha value is -1.03. The molecule has 1 heterocycles. The van der Waals surface area contributed by atoms with E-state index in [4.69, 9.17) is 4.74 Å². The maximum absolute atomic E-state index is 12.0. The molecule has 0 radical (unpaired) electrons. The predicted molar refractivity (Wildman–Crippen MR) is 70.2 cm³/mol. The van der Waals surface area contributed by atoms with Crippen LogP contribution in [0.4, 0.5) is 0 Å². The van der Waals surface area contributed by atoms with E-state index in [-0.39, 0.29) is 5.91 Å². The molecule has 1 aromatic rings. The second kappa shape index (κ2) is 5.54.